The van der Waals surface area contributed by atoms with Crippen LogP contribution < -0.4 is 0 Å². The second kappa shape index (κ2) is 6.02. The summed E-state index contributed by atoms with van der Waals surface area (Å²) >= 11 is 0. The summed E-state index contributed by atoms with van der Waals surface area (Å²) in [6, 6.07) is 6.39. The van der Waals surface area contributed by atoms with Gasteiger partial charge in [-0.15, -0.1) is 0 Å². The van der Waals surface area contributed by atoms with Gasteiger partial charge in [-0.25, -0.2) is 0 Å². The number of hydrogen-bond acceptors (Lipinski definition) is 4. The van der Waals surface area contributed by atoms with E-state index in [1.54, 1.807) is 20.8 Å². The van der Waals surface area contributed by atoms with Gasteiger partial charge in [-0.05, 0) is 33.8 Å². The molecule has 1 aromatic heterocycles. The Bertz CT molecular complexity index is 743. The van der Waals surface area contributed by atoms with Crippen LogP contribution in [0.4, 0.5) is 0 Å². The molecule has 0 spiro atoms. The van der Waals surface area contributed by atoms with Crippen molar-refractivity contribution < 1.29 is 14.5 Å². The first-order chi connectivity index (χ1) is 10.6. The van der Waals surface area contributed by atoms with Crippen molar-refractivity contribution in [3.05, 3.63) is 45.6 Å². The molecular weight excluding hydrogens is 296 g/mol. The molecule has 0 fully saturated rings. The van der Waals surface area contributed by atoms with Crippen LogP contribution >= 0.6 is 0 Å². The third kappa shape index (κ3) is 3.52. The molecule has 0 aliphatic rings. The molecule has 0 aliphatic heterocycles. The van der Waals surface area contributed by atoms with E-state index in [4.69, 9.17) is 4.74 Å². The molecule has 2 atom stereocenters. The number of nitro groups is 1. The maximum absolute atomic E-state index is 12.7. The molecule has 6 heteroatoms. The Labute approximate surface area is 135 Å². The first kappa shape index (κ1) is 17.0. The van der Waals surface area contributed by atoms with E-state index in [0.29, 0.717) is 5.56 Å². The summed E-state index contributed by atoms with van der Waals surface area (Å²) in [5.74, 6) is -1.53. The fraction of sp³-hybridized carbons (Fsp3) is 0.471. The van der Waals surface area contributed by atoms with Gasteiger partial charge in [0.05, 0.1) is 0 Å². The lowest BCUT2D eigenvalue weighted by Crippen LogP contribution is -2.36. The van der Waals surface area contributed by atoms with Crippen molar-refractivity contribution in [2.75, 3.05) is 0 Å². The summed E-state index contributed by atoms with van der Waals surface area (Å²) in [5, 5.41) is 12.2. The molecule has 1 heterocycles. The Morgan fingerprint density at radius 3 is 2.48 bits per heavy atom. The van der Waals surface area contributed by atoms with Crippen LogP contribution in [0.3, 0.4) is 0 Å². The Hall–Kier alpha value is -2.37. The molecule has 2 aromatic rings. The van der Waals surface area contributed by atoms with E-state index in [1.807, 2.05) is 31.2 Å². The van der Waals surface area contributed by atoms with Crippen LogP contribution in [0, 0.1) is 17.0 Å². The molecule has 0 saturated heterocycles. The zero-order valence-corrected chi connectivity index (χ0v) is 14.0. The van der Waals surface area contributed by atoms with E-state index in [2.05, 4.69) is 4.98 Å². The average Bonchev–Trinajstić information content (AvgIpc) is 2.73. The van der Waals surface area contributed by atoms with Crippen molar-refractivity contribution >= 4 is 16.9 Å². The summed E-state index contributed by atoms with van der Waals surface area (Å²) < 4.78 is 5.44. The van der Waals surface area contributed by atoms with Crippen LogP contribution in [-0.4, -0.2) is 27.5 Å². The maximum atomic E-state index is 12.7. The molecule has 0 unspecified atom stereocenters. The summed E-state index contributed by atoms with van der Waals surface area (Å²) in [4.78, 5) is 26.8. The topological polar surface area (TPSA) is 85.2 Å². The molecule has 0 radical (unpaired) electrons. The highest BCUT2D eigenvalue weighted by atomic mass is 16.6. The molecule has 2 rings (SSSR count). The van der Waals surface area contributed by atoms with E-state index in [-0.39, 0.29) is 0 Å². The minimum Gasteiger partial charge on any atom is -0.459 e. The number of aromatic nitrogens is 1. The Balaban J connectivity index is 2.58. The second-order valence-corrected chi connectivity index (χ2v) is 6.75. The molecular formula is C17H22N2O4. The van der Waals surface area contributed by atoms with Crippen LogP contribution in [-0.2, 0) is 9.53 Å². The minimum absolute atomic E-state index is 0.435. The predicted molar refractivity (Wildman–Crippen MR) is 88.1 cm³/mol. The van der Waals surface area contributed by atoms with Gasteiger partial charge in [0.25, 0.3) is 0 Å². The van der Waals surface area contributed by atoms with Gasteiger partial charge >= 0.3 is 5.97 Å². The Kier molecular flexibility index (Phi) is 4.45. The number of aryl methyl sites for hydroxylation is 1. The van der Waals surface area contributed by atoms with E-state index >= 15 is 0 Å². The van der Waals surface area contributed by atoms with Crippen molar-refractivity contribution in [3.8, 4) is 0 Å². The molecule has 23 heavy (non-hydrogen) atoms. The average molecular weight is 318 g/mol. The van der Waals surface area contributed by atoms with Gasteiger partial charge in [-0.3, -0.25) is 14.9 Å². The summed E-state index contributed by atoms with van der Waals surface area (Å²) in [5.41, 5.74) is 1.53. The number of ether oxygens (including phenoxy) is 1. The third-order valence-corrected chi connectivity index (χ3v) is 3.73. The van der Waals surface area contributed by atoms with Crippen LogP contribution in [0.1, 0.15) is 44.9 Å². The van der Waals surface area contributed by atoms with E-state index in [0.717, 1.165) is 16.6 Å². The first-order valence-electron chi connectivity index (χ1n) is 7.55. The van der Waals surface area contributed by atoms with Gasteiger partial charge in [0.2, 0.25) is 6.04 Å². The third-order valence-electron chi connectivity index (χ3n) is 3.73. The maximum Gasteiger partial charge on any atom is 0.321 e. The monoisotopic (exact) mass is 318 g/mol. The number of nitrogens with one attached hydrogen (secondary N) is 1. The fourth-order valence-electron chi connectivity index (χ4n) is 2.74. The summed E-state index contributed by atoms with van der Waals surface area (Å²) in [7, 11) is 0. The number of rotatable bonds is 4. The molecule has 124 valence electrons. The molecule has 0 saturated carbocycles. The lowest BCUT2D eigenvalue weighted by Gasteiger charge is -2.24. The minimum atomic E-state index is -1.08. The molecule has 0 bridgehead atoms. The van der Waals surface area contributed by atoms with Crippen molar-refractivity contribution in [1.29, 1.82) is 0 Å². The van der Waals surface area contributed by atoms with E-state index in [1.165, 1.54) is 6.92 Å². The molecule has 1 N–H and O–H groups in total. The highest BCUT2D eigenvalue weighted by Gasteiger charge is 2.40. The normalized spacial score (nSPS) is 14.5. The van der Waals surface area contributed by atoms with Crippen LogP contribution in [0.25, 0.3) is 10.9 Å². The van der Waals surface area contributed by atoms with Gasteiger partial charge in [0.1, 0.15) is 5.60 Å². The number of benzene rings is 1. The van der Waals surface area contributed by atoms with Crippen molar-refractivity contribution in [2.24, 2.45) is 0 Å². The first-order valence-corrected chi connectivity index (χ1v) is 7.55. The number of esters is 1. The Morgan fingerprint density at radius 2 is 1.91 bits per heavy atom. The van der Waals surface area contributed by atoms with Gasteiger partial charge < -0.3 is 9.72 Å². The lowest BCUT2D eigenvalue weighted by atomic mass is 9.90. The van der Waals surface area contributed by atoms with E-state index in [9.17, 15) is 14.9 Å². The number of carbonyl (C=O) groups is 1. The van der Waals surface area contributed by atoms with Crippen LogP contribution in [0.2, 0.25) is 0 Å². The van der Waals surface area contributed by atoms with Crippen LogP contribution in [0.5, 0.6) is 0 Å². The number of para-hydroxylation sites is 1. The highest BCUT2D eigenvalue weighted by molar-refractivity contribution is 5.91. The molecule has 1 aromatic carbocycles. The zero-order chi connectivity index (χ0) is 17.4. The van der Waals surface area contributed by atoms with Gasteiger partial charge in [0, 0.05) is 34.0 Å². The number of carbonyl (C=O) groups excluding carboxylic acids is 1. The lowest BCUT2D eigenvalue weighted by molar-refractivity contribution is -0.520. The highest BCUT2D eigenvalue weighted by Crippen LogP contribution is 2.34. The SMILES string of the molecule is Cc1[nH]c2ccccc2c1[C@@H](C(=O)OC(C)(C)C)[C@H](C)[N+](=O)[O-]. The predicted octanol–water partition coefficient (Wildman–Crippen LogP) is 3.57. The fourth-order valence-corrected chi connectivity index (χ4v) is 2.74. The summed E-state index contributed by atoms with van der Waals surface area (Å²) in [6.07, 6.45) is 0. The Morgan fingerprint density at radius 1 is 1.30 bits per heavy atom. The van der Waals surface area contributed by atoms with Crippen molar-refractivity contribution in [2.45, 2.75) is 52.2 Å². The summed E-state index contributed by atoms with van der Waals surface area (Å²) in [6.45, 7) is 8.51. The number of fused-ring (bicyclic) bond motifs is 1. The zero-order valence-electron chi connectivity index (χ0n) is 14.0. The number of H-pyrrole nitrogens is 1. The molecule has 6 nitrogen and oxygen atoms in total. The van der Waals surface area contributed by atoms with Gasteiger partial charge in [-0.2, -0.15) is 0 Å². The number of nitrogens with zero attached hydrogens (tertiary/aromatic N) is 1. The van der Waals surface area contributed by atoms with Crippen molar-refractivity contribution in [1.82, 2.24) is 4.98 Å². The van der Waals surface area contributed by atoms with E-state index < -0.39 is 28.5 Å². The van der Waals surface area contributed by atoms with Gasteiger partial charge in [-0.1, -0.05) is 18.2 Å². The number of aromatic amines is 1. The van der Waals surface area contributed by atoms with Crippen LogP contribution in [0.15, 0.2) is 24.3 Å². The largest absolute Gasteiger partial charge is 0.459 e. The smallest absolute Gasteiger partial charge is 0.321 e. The van der Waals surface area contributed by atoms with Crippen molar-refractivity contribution in [3.63, 3.8) is 0 Å². The molecule has 0 aliphatic carbocycles. The second-order valence-electron chi connectivity index (χ2n) is 6.75. The number of hydrogen-bond donors (Lipinski definition) is 1. The quantitative estimate of drug-likeness (QED) is 0.530. The van der Waals surface area contributed by atoms with Gasteiger partial charge in [0.15, 0.2) is 5.92 Å². The standard InChI is InChI=1S/C17H22N2O4/c1-10-14(12-8-6-7-9-13(12)18-10)15(11(2)19(21)22)16(20)23-17(3,4)5/h6-9,11,15,18H,1-5H3/t11-,15-/m0/s1. The molecule has 0 amide bonds.